The third-order valence-electron chi connectivity index (χ3n) is 4.43. The van der Waals surface area contributed by atoms with Crippen molar-refractivity contribution < 1.29 is 0 Å². The number of nitrogens with zero attached hydrogens (tertiary/aromatic N) is 2. The van der Waals surface area contributed by atoms with E-state index in [1.807, 2.05) is 12.3 Å². The second kappa shape index (κ2) is 5.90. The van der Waals surface area contributed by atoms with E-state index in [-0.39, 0.29) is 0 Å². The molecule has 0 aliphatic carbocycles. The fourth-order valence-corrected chi connectivity index (χ4v) is 3.10. The number of piperidine rings is 1. The van der Waals surface area contributed by atoms with Gasteiger partial charge in [0.1, 0.15) is 0 Å². The lowest BCUT2D eigenvalue weighted by Gasteiger charge is -2.33. The van der Waals surface area contributed by atoms with Gasteiger partial charge in [-0.05, 0) is 56.5 Å². The highest BCUT2D eigenvalue weighted by Crippen LogP contribution is 2.21. The summed E-state index contributed by atoms with van der Waals surface area (Å²) in [6, 6.07) is 10.9. The molecule has 1 aliphatic rings. The minimum absolute atomic E-state index is 0.333. The summed E-state index contributed by atoms with van der Waals surface area (Å²) < 4.78 is 0. The number of hydrogen-bond acceptors (Lipinski definition) is 3. The van der Waals surface area contributed by atoms with Gasteiger partial charge in [-0.3, -0.25) is 9.88 Å². The maximum atomic E-state index is 6.00. The molecule has 1 unspecified atom stereocenters. The highest BCUT2D eigenvalue weighted by molar-refractivity contribution is 5.78. The van der Waals surface area contributed by atoms with Crippen molar-refractivity contribution >= 4 is 10.9 Å². The summed E-state index contributed by atoms with van der Waals surface area (Å²) in [5.41, 5.74) is 8.38. The van der Waals surface area contributed by atoms with E-state index < -0.39 is 0 Å². The standard InChI is InChI=1S/C17H23N3/c1-13(18)15-6-8-20(9-7-15)12-14-10-16-4-2-3-5-17(16)19-11-14/h2-5,10-11,13,15H,6-9,12,18H2,1H3. The SMILES string of the molecule is CC(N)C1CCN(Cc2cnc3ccccc3c2)CC1. The zero-order valence-corrected chi connectivity index (χ0v) is 12.1. The van der Waals surface area contributed by atoms with Gasteiger partial charge in [-0.1, -0.05) is 18.2 Å². The number of rotatable bonds is 3. The van der Waals surface area contributed by atoms with Crippen LogP contribution >= 0.6 is 0 Å². The highest BCUT2D eigenvalue weighted by Gasteiger charge is 2.21. The molecule has 3 rings (SSSR count). The Hall–Kier alpha value is -1.45. The first-order chi connectivity index (χ1) is 9.72. The van der Waals surface area contributed by atoms with Crippen molar-refractivity contribution in [3.63, 3.8) is 0 Å². The summed E-state index contributed by atoms with van der Waals surface area (Å²) in [4.78, 5) is 7.06. The van der Waals surface area contributed by atoms with Crippen LogP contribution in [0.15, 0.2) is 36.5 Å². The van der Waals surface area contributed by atoms with Crippen molar-refractivity contribution in [1.29, 1.82) is 0 Å². The number of likely N-dealkylation sites (tertiary alicyclic amines) is 1. The van der Waals surface area contributed by atoms with Crippen molar-refractivity contribution in [3.05, 3.63) is 42.1 Å². The zero-order valence-electron chi connectivity index (χ0n) is 12.1. The molecule has 3 nitrogen and oxygen atoms in total. The Morgan fingerprint density at radius 3 is 2.80 bits per heavy atom. The fraction of sp³-hybridized carbons (Fsp3) is 0.471. The van der Waals surface area contributed by atoms with Crippen LogP contribution in [-0.4, -0.2) is 29.0 Å². The van der Waals surface area contributed by atoms with Gasteiger partial charge in [0.2, 0.25) is 0 Å². The zero-order chi connectivity index (χ0) is 13.9. The first-order valence-corrected chi connectivity index (χ1v) is 7.54. The number of nitrogens with two attached hydrogens (primary N) is 1. The quantitative estimate of drug-likeness (QED) is 0.931. The van der Waals surface area contributed by atoms with E-state index >= 15 is 0 Å². The molecule has 0 spiro atoms. The van der Waals surface area contributed by atoms with Crippen LogP contribution in [0.25, 0.3) is 10.9 Å². The molecule has 2 heterocycles. The minimum atomic E-state index is 0.333. The molecule has 2 aromatic rings. The lowest BCUT2D eigenvalue weighted by Crippen LogP contribution is -2.39. The summed E-state index contributed by atoms with van der Waals surface area (Å²) >= 11 is 0. The van der Waals surface area contributed by atoms with Gasteiger partial charge in [0, 0.05) is 24.2 Å². The monoisotopic (exact) mass is 269 g/mol. The Labute approximate surface area is 120 Å². The topological polar surface area (TPSA) is 42.1 Å². The molecule has 1 aromatic carbocycles. The van der Waals surface area contributed by atoms with Crippen LogP contribution in [0.4, 0.5) is 0 Å². The maximum Gasteiger partial charge on any atom is 0.0702 e. The molecule has 2 N–H and O–H groups in total. The predicted octanol–water partition coefficient (Wildman–Crippen LogP) is 2.79. The predicted molar refractivity (Wildman–Crippen MR) is 83.4 cm³/mol. The largest absolute Gasteiger partial charge is 0.328 e. The van der Waals surface area contributed by atoms with Crippen molar-refractivity contribution in [3.8, 4) is 0 Å². The lowest BCUT2D eigenvalue weighted by molar-refractivity contribution is 0.165. The first kappa shape index (κ1) is 13.5. The van der Waals surface area contributed by atoms with Crippen molar-refractivity contribution in [1.82, 2.24) is 9.88 Å². The number of aromatic nitrogens is 1. The number of hydrogen-bond donors (Lipinski definition) is 1. The second-order valence-corrected chi connectivity index (χ2v) is 6.01. The second-order valence-electron chi connectivity index (χ2n) is 6.01. The number of fused-ring (bicyclic) bond motifs is 1. The summed E-state index contributed by atoms with van der Waals surface area (Å²) in [6.45, 7) is 5.44. The van der Waals surface area contributed by atoms with Crippen molar-refractivity contribution in [2.45, 2.75) is 32.4 Å². The molecule has 1 saturated heterocycles. The Kier molecular flexibility index (Phi) is 3.99. The first-order valence-electron chi connectivity index (χ1n) is 7.54. The summed E-state index contributed by atoms with van der Waals surface area (Å²) in [5.74, 6) is 0.695. The molecular formula is C17H23N3. The van der Waals surface area contributed by atoms with Crippen molar-refractivity contribution in [2.24, 2.45) is 11.7 Å². The summed E-state index contributed by atoms with van der Waals surface area (Å²) in [7, 11) is 0. The molecule has 0 saturated carbocycles. The van der Waals surface area contributed by atoms with Crippen LogP contribution in [0.1, 0.15) is 25.3 Å². The molecule has 1 atom stereocenters. The average molecular weight is 269 g/mol. The molecule has 0 amide bonds. The third kappa shape index (κ3) is 3.00. The van der Waals surface area contributed by atoms with Crippen LogP contribution in [0.2, 0.25) is 0 Å². The summed E-state index contributed by atoms with van der Waals surface area (Å²) in [5, 5.41) is 1.23. The number of benzene rings is 1. The van der Waals surface area contributed by atoms with E-state index in [1.165, 1.54) is 23.8 Å². The van der Waals surface area contributed by atoms with Gasteiger partial charge in [-0.2, -0.15) is 0 Å². The third-order valence-corrected chi connectivity index (χ3v) is 4.43. The van der Waals surface area contributed by atoms with E-state index in [9.17, 15) is 0 Å². The highest BCUT2D eigenvalue weighted by atomic mass is 15.1. The Balaban J connectivity index is 1.65. The van der Waals surface area contributed by atoms with Gasteiger partial charge in [-0.25, -0.2) is 0 Å². The van der Waals surface area contributed by atoms with Gasteiger partial charge < -0.3 is 5.73 Å². The number of para-hydroxylation sites is 1. The van der Waals surface area contributed by atoms with Crippen LogP contribution in [0.5, 0.6) is 0 Å². The van der Waals surface area contributed by atoms with E-state index in [0.717, 1.165) is 25.2 Å². The smallest absolute Gasteiger partial charge is 0.0702 e. The maximum absolute atomic E-state index is 6.00. The molecule has 1 aliphatic heterocycles. The van der Waals surface area contributed by atoms with E-state index in [0.29, 0.717) is 12.0 Å². The Morgan fingerprint density at radius 1 is 1.30 bits per heavy atom. The molecule has 0 radical (unpaired) electrons. The van der Waals surface area contributed by atoms with E-state index in [2.05, 4.69) is 41.1 Å². The normalized spacial score (nSPS) is 19.3. The van der Waals surface area contributed by atoms with Crippen molar-refractivity contribution in [2.75, 3.05) is 13.1 Å². The molecule has 1 fully saturated rings. The van der Waals surface area contributed by atoms with Crippen LogP contribution in [0, 0.1) is 5.92 Å². The fourth-order valence-electron chi connectivity index (χ4n) is 3.10. The molecule has 106 valence electrons. The molecule has 1 aromatic heterocycles. The van der Waals surface area contributed by atoms with Crippen LogP contribution in [-0.2, 0) is 6.54 Å². The van der Waals surface area contributed by atoms with Gasteiger partial charge in [0.25, 0.3) is 0 Å². The van der Waals surface area contributed by atoms with Gasteiger partial charge in [0.15, 0.2) is 0 Å². The summed E-state index contributed by atoms with van der Waals surface area (Å²) in [6.07, 6.45) is 4.46. The van der Waals surface area contributed by atoms with Gasteiger partial charge >= 0.3 is 0 Å². The van der Waals surface area contributed by atoms with E-state index in [4.69, 9.17) is 5.73 Å². The van der Waals surface area contributed by atoms with Crippen LogP contribution in [0.3, 0.4) is 0 Å². The van der Waals surface area contributed by atoms with Gasteiger partial charge in [-0.15, -0.1) is 0 Å². The molecule has 0 bridgehead atoms. The minimum Gasteiger partial charge on any atom is -0.328 e. The molecular weight excluding hydrogens is 246 g/mol. The van der Waals surface area contributed by atoms with Crippen LogP contribution < -0.4 is 5.73 Å². The van der Waals surface area contributed by atoms with Gasteiger partial charge in [0.05, 0.1) is 5.52 Å². The molecule has 20 heavy (non-hydrogen) atoms. The Bertz CT molecular complexity index is 571. The van der Waals surface area contributed by atoms with E-state index in [1.54, 1.807) is 0 Å². The lowest BCUT2D eigenvalue weighted by atomic mass is 9.91. The Morgan fingerprint density at radius 2 is 2.05 bits per heavy atom. The number of pyridine rings is 1. The average Bonchev–Trinajstić information content (AvgIpc) is 2.48. The molecule has 3 heteroatoms.